The molecule has 78 valence electrons. The van der Waals surface area contributed by atoms with Crippen LogP contribution in [0.3, 0.4) is 0 Å². The highest BCUT2D eigenvalue weighted by Crippen LogP contribution is 2.19. The number of hydrogen-bond donors (Lipinski definition) is 2. The van der Waals surface area contributed by atoms with E-state index in [1.807, 2.05) is 0 Å². The van der Waals surface area contributed by atoms with Gasteiger partial charge in [0, 0.05) is 6.54 Å². The molecular weight excluding hydrogens is 192 g/mol. The SMILES string of the molecule is NCC(O)c1cccc(OC(F)F)c1. The van der Waals surface area contributed by atoms with Gasteiger partial charge in [-0.15, -0.1) is 0 Å². The van der Waals surface area contributed by atoms with Gasteiger partial charge in [0.15, 0.2) is 0 Å². The Bertz CT molecular complexity index is 294. The van der Waals surface area contributed by atoms with E-state index in [0.29, 0.717) is 5.56 Å². The molecule has 0 saturated carbocycles. The third kappa shape index (κ3) is 2.93. The molecule has 0 radical (unpaired) electrons. The minimum Gasteiger partial charge on any atom is -0.435 e. The summed E-state index contributed by atoms with van der Waals surface area (Å²) >= 11 is 0. The van der Waals surface area contributed by atoms with Crippen LogP contribution in [0.5, 0.6) is 5.75 Å². The molecule has 1 unspecified atom stereocenters. The predicted molar refractivity (Wildman–Crippen MR) is 47.1 cm³/mol. The maximum absolute atomic E-state index is 11.8. The molecule has 3 nitrogen and oxygen atoms in total. The van der Waals surface area contributed by atoms with E-state index in [1.54, 1.807) is 6.07 Å². The first-order chi connectivity index (χ1) is 6.63. The van der Waals surface area contributed by atoms with Crippen molar-refractivity contribution in [2.75, 3.05) is 6.54 Å². The van der Waals surface area contributed by atoms with Crippen molar-refractivity contribution in [1.29, 1.82) is 0 Å². The van der Waals surface area contributed by atoms with Gasteiger partial charge in [-0.3, -0.25) is 0 Å². The van der Waals surface area contributed by atoms with Crippen LogP contribution in [0.4, 0.5) is 8.78 Å². The first-order valence-electron chi connectivity index (χ1n) is 4.06. The Morgan fingerprint density at radius 3 is 2.71 bits per heavy atom. The van der Waals surface area contributed by atoms with Gasteiger partial charge >= 0.3 is 6.61 Å². The smallest absolute Gasteiger partial charge is 0.387 e. The standard InChI is InChI=1S/C9H11F2NO2/c10-9(11)14-7-3-1-2-6(4-7)8(13)5-12/h1-4,8-9,13H,5,12H2. The largest absolute Gasteiger partial charge is 0.435 e. The van der Waals surface area contributed by atoms with E-state index < -0.39 is 12.7 Å². The number of aliphatic hydroxyl groups excluding tert-OH is 1. The molecule has 1 aromatic rings. The molecule has 0 aliphatic rings. The second kappa shape index (κ2) is 4.88. The van der Waals surface area contributed by atoms with Crippen LogP contribution in [-0.4, -0.2) is 18.3 Å². The van der Waals surface area contributed by atoms with E-state index in [4.69, 9.17) is 5.73 Å². The molecule has 0 heterocycles. The highest BCUT2D eigenvalue weighted by atomic mass is 19.3. The van der Waals surface area contributed by atoms with Gasteiger partial charge in [0.05, 0.1) is 6.10 Å². The maximum Gasteiger partial charge on any atom is 0.387 e. The fourth-order valence-electron chi connectivity index (χ4n) is 1.03. The minimum absolute atomic E-state index is 0.0185. The predicted octanol–water partition coefficient (Wildman–Crippen LogP) is 1.28. The fourth-order valence-corrected chi connectivity index (χ4v) is 1.03. The lowest BCUT2D eigenvalue weighted by atomic mass is 10.1. The molecule has 5 heteroatoms. The summed E-state index contributed by atoms with van der Waals surface area (Å²) in [6.07, 6.45) is -0.851. The Balaban J connectivity index is 2.78. The van der Waals surface area contributed by atoms with Crippen LogP contribution in [0.25, 0.3) is 0 Å². The second-order valence-electron chi connectivity index (χ2n) is 2.70. The van der Waals surface area contributed by atoms with Crippen molar-refractivity contribution >= 4 is 0 Å². The van der Waals surface area contributed by atoms with Crippen molar-refractivity contribution in [1.82, 2.24) is 0 Å². The quantitative estimate of drug-likeness (QED) is 0.775. The summed E-state index contributed by atoms with van der Waals surface area (Å²) in [4.78, 5) is 0. The lowest BCUT2D eigenvalue weighted by molar-refractivity contribution is -0.0499. The maximum atomic E-state index is 11.8. The molecule has 0 amide bonds. The van der Waals surface area contributed by atoms with Gasteiger partial charge < -0.3 is 15.6 Å². The van der Waals surface area contributed by atoms with Gasteiger partial charge in [-0.25, -0.2) is 0 Å². The Kier molecular flexibility index (Phi) is 3.79. The molecule has 0 fully saturated rings. The monoisotopic (exact) mass is 203 g/mol. The van der Waals surface area contributed by atoms with Gasteiger partial charge in [-0.05, 0) is 17.7 Å². The van der Waals surface area contributed by atoms with Crippen LogP contribution in [0.1, 0.15) is 11.7 Å². The highest BCUT2D eigenvalue weighted by Gasteiger charge is 2.08. The molecule has 0 aliphatic carbocycles. The van der Waals surface area contributed by atoms with Crippen LogP contribution >= 0.6 is 0 Å². The topological polar surface area (TPSA) is 55.5 Å². The summed E-state index contributed by atoms with van der Waals surface area (Å²) in [5, 5.41) is 9.32. The summed E-state index contributed by atoms with van der Waals surface area (Å²) < 4.78 is 27.8. The molecule has 1 rings (SSSR count). The van der Waals surface area contributed by atoms with Crippen molar-refractivity contribution in [2.24, 2.45) is 5.73 Å². The van der Waals surface area contributed by atoms with E-state index in [-0.39, 0.29) is 12.3 Å². The van der Waals surface area contributed by atoms with Crippen LogP contribution in [0.15, 0.2) is 24.3 Å². The average molecular weight is 203 g/mol. The normalized spacial score (nSPS) is 12.9. The van der Waals surface area contributed by atoms with Crippen molar-refractivity contribution in [3.63, 3.8) is 0 Å². The number of ether oxygens (including phenoxy) is 1. The van der Waals surface area contributed by atoms with Crippen LogP contribution in [0, 0.1) is 0 Å². The summed E-state index contributed by atoms with van der Waals surface area (Å²) in [5.41, 5.74) is 5.68. The molecule has 0 spiro atoms. The number of nitrogens with two attached hydrogens (primary N) is 1. The van der Waals surface area contributed by atoms with Crippen LogP contribution in [-0.2, 0) is 0 Å². The zero-order valence-corrected chi connectivity index (χ0v) is 7.36. The average Bonchev–Trinajstić information content (AvgIpc) is 2.16. The van der Waals surface area contributed by atoms with E-state index in [9.17, 15) is 13.9 Å². The van der Waals surface area contributed by atoms with Gasteiger partial charge in [0.25, 0.3) is 0 Å². The van der Waals surface area contributed by atoms with Gasteiger partial charge in [0.1, 0.15) is 5.75 Å². The van der Waals surface area contributed by atoms with Crippen molar-refractivity contribution in [2.45, 2.75) is 12.7 Å². The Morgan fingerprint density at radius 2 is 2.14 bits per heavy atom. The van der Waals surface area contributed by atoms with Crippen LogP contribution in [0.2, 0.25) is 0 Å². The molecular formula is C9H11F2NO2. The number of hydrogen-bond acceptors (Lipinski definition) is 3. The molecule has 0 saturated heterocycles. The molecule has 0 aliphatic heterocycles. The number of halogens is 2. The first kappa shape index (κ1) is 10.9. The molecule has 1 atom stereocenters. The Hall–Kier alpha value is -1.20. The molecule has 14 heavy (non-hydrogen) atoms. The van der Waals surface area contributed by atoms with E-state index in [0.717, 1.165) is 0 Å². The number of rotatable bonds is 4. The van der Waals surface area contributed by atoms with Gasteiger partial charge in [-0.2, -0.15) is 8.78 Å². The van der Waals surface area contributed by atoms with Crippen molar-refractivity contribution in [3.05, 3.63) is 29.8 Å². The molecule has 0 aromatic heterocycles. The summed E-state index contributed by atoms with van der Waals surface area (Å²) in [5.74, 6) is 0.0185. The summed E-state index contributed by atoms with van der Waals surface area (Å²) in [6, 6.07) is 5.84. The van der Waals surface area contributed by atoms with Crippen molar-refractivity contribution < 1.29 is 18.6 Å². The number of alkyl halides is 2. The van der Waals surface area contributed by atoms with Crippen molar-refractivity contribution in [3.8, 4) is 5.75 Å². The fraction of sp³-hybridized carbons (Fsp3) is 0.333. The lowest BCUT2D eigenvalue weighted by Gasteiger charge is -2.10. The lowest BCUT2D eigenvalue weighted by Crippen LogP contribution is -2.11. The number of benzene rings is 1. The van der Waals surface area contributed by atoms with Gasteiger partial charge in [0.2, 0.25) is 0 Å². The summed E-state index contributed by atoms with van der Waals surface area (Å²) in [6.45, 7) is -2.82. The Labute approximate surface area is 80.1 Å². The Morgan fingerprint density at radius 1 is 1.43 bits per heavy atom. The van der Waals surface area contributed by atoms with E-state index in [1.165, 1.54) is 18.2 Å². The zero-order chi connectivity index (χ0) is 10.6. The third-order valence-electron chi connectivity index (χ3n) is 1.69. The minimum atomic E-state index is -2.86. The second-order valence-corrected chi connectivity index (χ2v) is 2.70. The van der Waals surface area contributed by atoms with E-state index >= 15 is 0 Å². The zero-order valence-electron chi connectivity index (χ0n) is 7.36. The van der Waals surface area contributed by atoms with Gasteiger partial charge in [-0.1, -0.05) is 12.1 Å². The highest BCUT2D eigenvalue weighted by molar-refractivity contribution is 5.29. The van der Waals surface area contributed by atoms with E-state index in [2.05, 4.69) is 4.74 Å². The first-order valence-corrected chi connectivity index (χ1v) is 4.06. The summed E-state index contributed by atoms with van der Waals surface area (Å²) in [7, 11) is 0. The third-order valence-corrected chi connectivity index (χ3v) is 1.69. The molecule has 0 bridgehead atoms. The van der Waals surface area contributed by atoms with Crippen LogP contribution < -0.4 is 10.5 Å². The number of aliphatic hydroxyl groups is 1. The molecule has 3 N–H and O–H groups in total. The molecule has 1 aromatic carbocycles.